The highest BCUT2D eigenvalue weighted by Crippen LogP contribution is 2.36. The lowest BCUT2D eigenvalue weighted by Crippen LogP contribution is -3.00. The van der Waals surface area contributed by atoms with Gasteiger partial charge in [-0.3, -0.25) is 0 Å². The second-order valence-corrected chi connectivity index (χ2v) is 10.5. The molecule has 0 atom stereocenters. The highest BCUT2D eigenvalue weighted by atomic mass is 127. The standard InChI is InChI=1S/C30H40N.HI/c1-31(2,3)23-12-10-8-6-4-5-7-9-11-14-24-17-18-27-20-19-25-15-13-16-26-21-22-28(24)30(27)29(25)26;/h13,15-22H,4-12,14,23H2,1-3H3;1H/q+1;/p-1. The number of benzene rings is 4. The average molecular weight is 542 g/mol. The van der Waals surface area contributed by atoms with Gasteiger partial charge in [-0.05, 0) is 63.6 Å². The van der Waals surface area contributed by atoms with Crippen molar-refractivity contribution >= 4 is 32.3 Å². The number of hydrogen-bond acceptors (Lipinski definition) is 0. The summed E-state index contributed by atoms with van der Waals surface area (Å²) < 4.78 is 1.10. The highest BCUT2D eigenvalue weighted by Gasteiger charge is 2.10. The lowest BCUT2D eigenvalue weighted by Gasteiger charge is -2.23. The fourth-order valence-electron chi connectivity index (χ4n) is 5.15. The Morgan fingerprint density at radius 3 is 1.66 bits per heavy atom. The Hall–Kier alpha value is -1.39. The lowest BCUT2D eigenvalue weighted by molar-refractivity contribution is -0.870. The fraction of sp³-hybridized carbons (Fsp3) is 0.467. The fourth-order valence-corrected chi connectivity index (χ4v) is 5.15. The van der Waals surface area contributed by atoms with Crippen LogP contribution in [0.4, 0.5) is 0 Å². The van der Waals surface area contributed by atoms with Gasteiger partial charge in [0.1, 0.15) is 0 Å². The smallest absolute Gasteiger partial charge is 0.0780 e. The van der Waals surface area contributed by atoms with E-state index >= 15 is 0 Å². The first-order valence-electron chi connectivity index (χ1n) is 12.5. The summed E-state index contributed by atoms with van der Waals surface area (Å²) in [5.74, 6) is 0. The van der Waals surface area contributed by atoms with Gasteiger partial charge >= 0.3 is 0 Å². The molecule has 0 spiro atoms. The number of rotatable bonds is 12. The molecule has 0 amide bonds. The molecule has 0 aliphatic rings. The van der Waals surface area contributed by atoms with E-state index in [4.69, 9.17) is 0 Å². The van der Waals surface area contributed by atoms with Crippen LogP contribution in [0.15, 0.2) is 54.6 Å². The highest BCUT2D eigenvalue weighted by molar-refractivity contribution is 6.23. The molecule has 0 fully saturated rings. The zero-order valence-electron chi connectivity index (χ0n) is 20.3. The van der Waals surface area contributed by atoms with Crippen molar-refractivity contribution in [2.24, 2.45) is 0 Å². The maximum Gasteiger partial charge on any atom is 0.0780 e. The Labute approximate surface area is 212 Å². The molecular formula is C30H40IN. The molecule has 2 heteroatoms. The number of hydrogen-bond donors (Lipinski definition) is 0. The zero-order valence-corrected chi connectivity index (χ0v) is 22.5. The molecule has 0 unspecified atom stereocenters. The monoisotopic (exact) mass is 541 g/mol. The maximum atomic E-state index is 2.37. The second-order valence-electron chi connectivity index (χ2n) is 10.5. The van der Waals surface area contributed by atoms with Gasteiger partial charge in [-0.25, -0.2) is 0 Å². The minimum atomic E-state index is 0. The van der Waals surface area contributed by atoms with Gasteiger partial charge in [0.05, 0.1) is 27.7 Å². The Bertz CT molecular complexity index is 1090. The molecule has 0 heterocycles. The van der Waals surface area contributed by atoms with E-state index in [-0.39, 0.29) is 24.0 Å². The van der Waals surface area contributed by atoms with Crippen molar-refractivity contribution in [1.29, 1.82) is 0 Å². The maximum absolute atomic E-state index is 2.37. The Kier molecular flexibility index (Phi) is 9.19. The van der Waals surface area contributed by atoms with Gasteiger partial charge in [0, 0.05) is 0 Å². The number of nitrogens with zero attached hydrogens (tertiary/aromatic N) is 1. The summed E-state index contributed by atoms with van der Waals surface area (Å²) >= 11 is 0. The number of quaternary nitrogens is 1. The van der Waals surface area contributed by atoms with Crippen LogP contribution in [-0.2, 0) is 6.42 Å². The van der Waals surface area contributed by atoms with Crippen molar-refractivity contribution in [3.63, 3.8) is 0 Å². The van der Waals surface area contributed by atoms with E-state index in [2.05, 4.69) is 75.7 Å². The molecule has 0 saturated heterocycles. The van der Waals surface area contributed by atoms with Crippen LogP contribution in [-0.4, -0.2) is 32.2 Å². The van der Waals surface area contributed by atoms with E-state index in [0.29, 0.717) is 0 Å². The van der Waals surface area contributed by atoms with E-state index < -0.39 is 0 Å². The third kappa shape index (κ3) is 6.35. The predicted molar refractivity (Wildman–Crippen MR) is 138 cm³/mol. The summed E-state index contributed by atoms with van der Waals surface area (Å²) in [5, 5.41) is 8.50. The quantitative estimate of drug-likeness (QED) is 0.0983. The van der Waals surface area contributed by atoms with Crippen LogP contribution in [0.1, 0.15) is 63.4 Å². The molecule has 1 nitrogen and oxygen atoms in total. The topological polar surface area (TPSA) is 0 Å². The second kappa shape index (κ2) is 11.7. The minimum absolute atomic E-state index is 0. The first kappa shape index (κ1) is 25.2. The zero-order chi connectivity index (χ0) is 21.7. The SMILES string of the molecule is C[N+](C)(C)CCCCCCCCCCCc1ccc2ccc3cccc4ccc1c2c34.[I-]. The summed E-state index contributed by atoms with van der Waals surface area (Å²) in [7, 11) is 6.88. The lowest BCUT2D eigenvalue weighted by atomic mass is 9.90. The predicted octanol–water partition coefficient (Wildman–Crippen LogP) is 5.35. The van der Waals surface area contributed by atoms with E-state index in [0.717, 1.165) is 4.48 Å². The van der Waals surface area contributed by atoms with E-state index in [1.54, 1.807) is 0 Å². The van der Waals surface area contributed by atoms with Gasteiger partial charge in [0.15, 0.2) is 0 Å². The normalized spacial score (nSPS) is 12.1. The molecule has 0 saturated carbocycles. The van der Waals surface area contributed by atoms with Gasteiger partial charge in [0.25, 0.3) is 0 Å². The molecule has 0 bridgehead atoms. The summed E-state index contributed by atoms with van der Waals surface area (Å²) in [5.41, 5.74) is 1.53. The van der Waals surface area contributed by atoms with Gasteiger partial charge < -0.3 is 28.5 Å². The van der Waals surface area contributed by atoms with Crippen molar-refractivity contribution in [2.45, 2.75) is 64.2 Å². The van der Waals surface area contributed by atoms with E-state index in [1.165, 1.54) is 109 Å². The van der Waals surface area contributed by atoms with Crippen LogP contribution >= 0.6 is 0 Å². The summed E-state index contributed by atoms with van der Waals surface area (Å²) in [6.07, 6.45) is 13.7. The molecule has 172 valence electrons. The minimum Gasteiger partial charge on any atom is -1.00 e. The average Bonchev–Trinajstić information content (AvgIpc) is 2.75. The van der Waals surface area contributed by atoms with Crippen LogP contribution in [0.2, 0.25) is 0 Å². The van der Waals surface area contributed by atoms with Crippen molar-refractivity contribution in [3.05, 3.63) is 60.2 Å². The number of unbranched alkanes of at least 4 members (excludes halogenated alkanes) is 8. The molecule has 32 heavy (non-hydrogen) atoms. The Morgan fingerprint density at radius 1 is 0.531 bits per heavy atom. The van der Waals surface area contributed by atoms with Crippen molar-refractivity contribution in [3.8, 4) is 0 Å². The molecule has 0 N–H and O–H groups in total. The van der Waals surface area contributed by atoms with Crippen LogP contribution in [0.25, 0.3) is 32.3 Å². The molecule has 0 aliphatic heterocycles. The van der Waals surface area contributed by atoms with Gasteiger partial charge in [-0.2, -0.15) is 0 Å². The molecule has 4 rings (SSSR count). The van der Waals surface area contributed by atoms with Gasteiger partial charge in [-0.1, -0.05) is 93.1 Å². The molecule has 0 aromatic heterocycles. The van der Waals surface area contributed by atoms with Crippen molar-refractivity contribution < 1.29 is 28.5 Å². The van der Waals surface area contributed by atoms with Crippen LogP contribution < -0.4 is 24.0 Å². The molecule has 4 aromatic carbocycles. The largest absolute Gasteiger partial charge is 1.00 e. The third-order valence-electron chi connectivity index (χ3n) is 6.89. The summed E-state index contributed by atoms with van der Waals surface area (Å²) in [6, 6.07) is 20.6. The van der Waals surface area contributed by atoms with Crippen molar-refractivity contribution in [2.75, 3.05) is 27.7 Å². The molecule has 4 aromatic rings. The molecular weight excluding hydrogens is 501 g/mol. The van der Waals surface area contributed by atoms with Crippen LogP contribution in [0.5, 0.6) is 0 Å². The summed E-state index contributed by atoms with van der Waals surface area (Å²) in [6.45, 7) is 1.31. The van der Waals surface area contributed by atoms with Crippen molar-refractivity contribution in [1.82, 2.24) is 0 Å². The number of halogens is 1. The van der Waals surface area contributed by atoms with Gasteiger partial charge in [0.2, 0.25) is 0 Å². The van der Waals surface area contributed by atoms with Crippen LogP contribution in [0.3, 0.4) is 0 Å². The van der Waals surface area contributed by atoms with E-state index in [1.807, 2.05) is 0 Å². The first-order valence-corrected chi connectivity index (χ1v) is 12.5. The summed E-state index contributed by atoms with van der Waals surface area (Å²) in [4.78, 5) is 0. The van der Waals surface area contributed by atoms with Crippen LogP contribution in [0, 0.1) is 0 Å². The Balaban J connectivity index is 0.00000289. The van der Waals surface area contributed by atoms with Gasteiger partial charge in [-0.15, -0.1) is 0 Å². The molecule has 0 radical (unpaired) electrons. The van der Waals surface area contributed by atoms with E-state index in [9.17, 15) is 0 Å². The molecule has 0 aliphatic carbocycles. The Morgan fingerprint density at radius 2 is 1.03 bits per heavy atom. The number of aryl methyl sites for hydroxylation is 1. The third-order valence-corrected chi connectivity index (χ3v) is 6.89. The first-order chi connectivity index (χ1) is 15.0.